The zero-order chi connectivity index (χ0) is 13.3. The molecule has 1 aromatic carbocycles. The normalized spacial score (nSPS) is 14.2. The van der Waals surface area contributed by atoms with Crippen LogP contribution in [-0.4, -0.2) is 30.0 Å². The van der Waals surface area contributed by atoms with E-state index in [1.165, 1.54) is 25.3 Å². The molecule has 6 heteroatoms. The molecule has 0 saturated heterocycles. The van der Waals surface area contributed by atoms with Crippen LogP contribution in [0, 0.1) is 0 Å². The fraction of sp³-hybridized carbons (Fsp3) is 0.0833. The second-order valence-electron chi connectivity index (χ2n) is 3.53. The number of methoxy groups -OCH3 is 1. The first-order chi connectivity index (χ1) is 8.54. The average Bonchev–Trinajstić information content (AvgIpc) is 2.68. The zero-order valence-corrected chi connectivity index (χ0v) is 9.41. The molecule has 1 heterocycles. The van der Waals surface area contributed by atoms with Crippen molar-refractivity contribution in [3.63, 3.8) is 0 Å². The van der Waals surface area contributed by atoms with Crippen molar-refractivity contribution in [3.05, 3.63) is 35.9 Å². The van der Waals surface area contributed by atoms with Gasteiger partial charge in [0, 0.05) is 18.2 Å². The van der Waals surface area contributed by atoms with Crippen molar-refractivity contribution in [2.24, 2.45) is 0 Å². The Morgan fingerprint density at radius 3 is 2.33 bits per heavy atom. The summed E-state index contributed by atoms with van der Waals surface area (Å²) in [5.41, 5.74) is 0.241. The van der Waals surface area contributed by atoms with Gasteiger partial charge in [0.05, 0.1) is 12.8 Å². The summed E-state index contributed by atoms with van der Waals surface area (Å²) < 4.78 is 4.93. The van der Waals surface area contributed by atoms with Gasteiger partial charge in [-0.1, -0.05) is 0 Å². The molecule has 18 heavy (non-hydrogen) atoms. The molecule has 0 saturated carbocycles. The first kappa shape index (κ1) is 11.8. The van der Waals surface area contributed by atoms with E-state index >= 15 is 0 Å². The SMILES string of the molecule is COc1cc(N2C(=O)C=CC2=O)ccc1C(=O)O. The summed E-state index contributed by atoms with van der Waals surface area (Å²) in [6.07, 6.45) is 2.31. The van der Waals surface area contributed by atoms with E-state index in [1.807, 2.05) is 0 Å². The molecule has 1 N–H and O–H groups in total. The smallest absolute Gasteiger partial charge is 0.339 e. The third-order valence-corrected chi connectivity index (χ3v) is 2.48. The van der Waals surface area contributed by atoms with Gasteiger partial charge in [0.25, 0.3) is 11.8 Å². The van der Waals surface area contributed by atoms with Crippen LogP contribution in [0.4, 0.5) is 5.69 Å². The maximum atomic E-state index is 11.5. The van der Waals surface area contributed by atoms with Crippen molar-refractivity contribution in [2.45, 2.75) is 0 Å². The molecule has 92 valence electrons. The van der Waals surface area contributed by atoms with Gasteiger partial charge in [-0.15, -0.1) is 0 Å². The van der Waals surface area contributed by atoms with E-state index in [-0.39, 0.29) is 17.0 Å². The van der Waals surface area contributed by atoms with Crippen molar-refractivity contribution in [3.8, 4) is 5.75 Å². The minimum Gasteiger partial charge on any atom is -0.496 e. The molecule has 1 aliphatic heterocycles. The third kappa shape index (κ3) is 1.84. The van der Waals surface area contributed by atoms with E-state index in [2.05, 4.69) is 0 Å². The summed E-state index contributed by atoms with van der Waals surface area (Å²) in [5, 5.41) is 8.92. The minimum atomic E-state index is -1.14. The van der Waals surface area contributed by atoms with Crippen LogP contribution in [-0.2, 0) is 9.59 Å². The van der Waals surface area contributed by atoms with Crippen molar-refractivity contribution in [1.82, 2.24) is 0 Å². The van der Waals surface area contributed by atoms with E-state index in [9.17, 15) is 14.4 Å². The first-order valence-electron chi connectivity index (χ1n) is 5.02. The summed E-state index contributed by atoms with van der Waals surface area (Å²) in [6, 6.07) is 4.01. The van der Waals surface area contributed by atoms with Gasteiger partial charge in [-0.3, -0.25) is 9.59 Å². The Morgan fingerprint density at radius 2 is 1.83 bits per heavy atom. The molecule has 6 nitrogen and oxygen atoms in total. The monoisotopic (exact) mass is 247 g/mol. The zero-order valence-electron chi connectivity index (χ0n) is 9.41. The Morgan fingerprint density at radius 1 is 1.22 bits per heavy atom. The van der Waals surface area contributed by atoms with E-state index < -0.39 is 17.8 Å². The van der Waals surface area contributed by atoms with Crippen LogP contribution in [0.5, 0.6) is 5.75 Å². The molecule has 1 aromatic rings. The molecule has 0 fully saturated rings. The molecule has 2 rings (SSSR count). The van der Waals surface area contributed by atoms with Gasteiger partial charge in [-0.25, -0.2) is 9.69 Å². The maximum Gasteiger partial charge on any atom is 0.339 e. The van der Waals surface area contributed by atoms with Gasteiger partial charge >= 0.3 is 5.97 Å². The van der Waals surface area contributed by atoms with E-state index in [1.54, 1.807) is 0 Å². The number of carbonyl (C=O) groups excluding carboxylic acids is 2. The lowest BCUT2D eigenvalue weighted by Crippen LogP contribution is -2.29. The number of amides is 2. The molecule has 0 spiro atoms. The van der Waals surface area contributed by atoms with Crippen LogP contribution in [0.3, 0.4) is 0 Å². The number of carboxylic acids is 1. The fourth-order valence-electron chi connectivity index (χ4n) is 1.65. The lowest BCUT2D eigenvalue weighted by Gasteiger charge is -2.15. The highest BCUT2D eigenvalue weighted by Gasteiger charge is 2.26. The molecule has 0 aliphatic carbocycles. The van der Waals surface area contributed by atoms with E-state index in [0.717, 1.165) is 17.1 Å². The lowest BCUT2D eigenvalue weighted by molar-refractivity contribution is -0.119. The Hall–Kier alpha value is -2.63. The predicted molar refractivity (Wildman–Crippen MR) is 61.6 cm³/mol. The number of rotatable bonds is 3. The Balaban J connectivity index is 2.45. The largest absolute Gasteiger partial charge is 0.496 e. The van der Waals surface area contributed by atoms with Crippen molar-refractivity contribution >= 4 is 23.5 Å². The van der Waals surface area contributed by atoms with Crippen LogP contribution < -0.4 is 9.64 Å². The van der Waals surface area contributed by atoms with Crippen LogP contribution in [0.1, 0.15) is 10.4 Å². The molecule has 0 bridgehead atoms. The summed E-state index contributed by atoms with van der Waals surface area (Å²) >= 11 is 0. The molecular weight excluding hydrogens is 238 g/mol. The van der Waals surface area contributed by atoms with Gasteiger partial charge in [0.15, 0.2) is 0 Å². The van der Waals surface area contributed by atoms with E-state index in [4.69, 9.17) is 9.84 Å². The average molecular weight is 247 g/mol. The summed E-state index contributed by atoms with van der Waals surface area (Å²) in [6.45, 7) is 0. The quantitative estimate of drug-likeness (QED) is 0.799. The number of carboxylic acid groups (broad SMARTS) is 1. The van der Waals surface area contributed by atoms with Gasteiger partial charge in [0.1, 0.15) is 11.3 Å². The van der Waals surface area contributed by atoms with Crippen LogP contribution in [0.2, 0.25) is 0 Å². The van der Waals surface area contributed by atoms with Crippen LogP contribution in [0.15, 0.2) is 30.4 Å². The fourth-order valence-corrected chi connectivity index (χ4v) is 1.65. The number of benzene rings is 1. The Labute approximate surface area is 102 Å². The summed E-state index contributed by atoms with van der Waals surface area (Å²) in [7, 11) is 1.32. The molecule has 0 atom stereocenters. The lowest BCUT2D eigenvalue weighted by atomic mass is 10.1. The van der Waals surface area contributed by atoms with Gasteiger partial charge in [-0.2, -0.15) is 0 Å². The van der Waals surface area contributed by atoms with Crippen molar-refractivity contribution < 1.29 is 24.2 Å². The second kappa shape index (κ2) is 4.33. The van der Waals surface area contributed by atoms with Crippen molar-refractivity contribution in [1.29, 1.82) is 0 Å². The molecule has 0 unspecified atom stereocenters. The molecule has 0 radical (unpaired) electrons. The van der Waals surface area contributed by atoms with Crippen LogP contribution in [0.25, 0.3) is 0 Å². The predicted octanol–water partition coefficient (Wildman–Crippen LogP) is 0.823. The minimum absolute atomic E-state index is 0.0340. The molecular formula is C12H9NO5. The number of nitrogens with zero attached hydrogens (tertiary/aromatic N) is 1. The number of ether oxygens (including phenoxy) is 1. The number of anilines is 1. The van der Waals surface area contributed by atoms with Crippen LogP contribution >= 0.6 is 0 Å². The maximum absolute atomic E-state index is 11.5. The number of imide groups is 1. The highest BCUT2D eigenvalue weighted by atomic mass is 16.5. The Bertz CT molecular complexity index is 558. The number of aromatic carboxylic acids is 1. The highest BCUT2D eigenvalue weighted by Crippen LogP contribution is 2.27. The van der Waals surface area contributed by atoms with Gasteiger partial charge in [-0.05, 0) is 12.1 Å². The molecule has 0 aromatic heterocycles. The molecule has 2 amide bonds. The number of hydrogen-bond acceptors (Lipinski definition) is 4. The van der Waals surface area contributed by atoms with Gasteiger partial charge in [0.2, 0.25) is 0 Å². The van der Waals surface area contributed by atoms with E-state index in [0.29, 0.717) is 0 Å². The third-order valence-electron chi connectivity index (χ3n) is 2.48. The standard InChI is InChI=1S/C12H9NO5/c1-18-9-6-7(2-3-8(9)12(16)17)13-10(14)4-5-11(13)15/h2-6H,1H3,(H,16,17). The first-order valence-corrected chi connectivity index (χ1v) is 5.02. The van der Waals surface area contributed by atoms with Crippen molar-refractivity contribution in [2.75, 3.05) is 12.0 Å². The highest BCUT2D eigenvalue weighted by molar-refractivity contribution is 6.28. The number of carbonyl (C=O) groups is 3. The molecule has 1 aliphatic rings. The second-order valence-corrected chi connectivity index (χ2v) is 3.53. The summed E-state index contributed by atoms with van der Waals surface area (Å²) in [5.74, 6) is -1.99. The van der Waals surface area contributed by atoms with Gasteiger partial charge < -0.3 is 9.84 Å². The topological polar surface area (TPSA) is 83.9 Å². The summed E-state index contributed by atoms with van der Waals surface area (Å²) in [4.78, 5) is 34.8. The number of hydrogen-bond donors (Lipinski definition) is 1. The Kier molecular flexibility index (Phi) is 2.85.